The fourth-order valence-corrected chi connectivity index (χ4v) is 1.74. The van der Waals surface area contributed by atoms with Gasteiger partial charge in [0.25, 0.3) is 0 Å². The van der Waals surface area contributed by atoms with Crippen LogP contribution in [0.1, 0.15) is 25.7 Å². The Kier molecular flexibility index (Phi) is 5.93. The van der Waals surface area contributed by atoms with Crippen LogP contribution in [0.15, 0.2) is 0 Å². The molecule has 4 N–H and O–H groups in total. The van der Waals surface area contributed by atoms with E-state index in [0.717, 1.165) is 6.42 Å². The lowest BCUT2D eigenvalue weighted by Crippen LogP contribution is -2.52. The minimum atomic E-state index is -0.497. The third kappa shape index (κ3) is 5.14. The lowest BCUT2D eigenvalue weighted by atomic mass is 10.1. The number of piperidine rings is 1. The molecule has 1 fully saturated rings. The highest BCUT2D eigenvalue weighted by atomic mass is 16.5. The first-order valence-corrected chi connectivity index (χ1v) is 5.95. The van der Waals surface area contributed by atoms with Crippen molar-refractivity contribution >= 4 is 11.8 Å². The van der Waals surface area contributed by atoms with Gasteiger partial charge < -0.3 is 21.1 Å². The van der Waals surface area contributed by atoms with E-state index in [-0.39, 0.29) is 17.9 Å². The smallest absolute Gasteiger partial charge is 0.237 e. The Bertz CT molecular complexity index is 261. The van der Waals surface area contributed by atoms with Crippen molar-refractivity contribution in [3.8, 4) is 0 Å². The van der Waals surface area contributed by atoms with Gasteiger partial charge in [0.15, 0.2) is 0 Å². The normalized spacial score (nSPS) is 21.8. The maximum Gasteiger partial charge on any atom is 0.237 e. The van der Waals surface area contributed by atoms with Crippen LogP contribution in [0.3, 0.4) is 0 Å². The Morgan fingerprint density at radius 2 is 2.47 bits per heavy atom. The van der Waals surface area contributed by atoms with Crippen molar-refractivity contribution in [2.45, 2.75) is 37.8 Å². The van der Waals surface area contributed by atoms with Crippen molar-refractivity contribution < 1.29 is 14.3 Å². The minimum absolute atomic E-state index is 0.00803. The number of methoxy groups -OCH3 is 1. The Balaban J connectivity index is 2.21. The molecule has 0 radical (unpaired) electrons. The molecule has 1 aliphatic heterocycles. The molecule has 2 unspecified atom stereocenters. The van der Waals surface area contributed by atoms with Crippen LogP contribution in [0.2, 0.25) is 0 Å². The molecule has 17 heavy (non-hydrogen) atoms. The van der Waals surface area contributed by atoms with Crippen molar-refractivity contribution in [2.24, 2.45) is 5.73 Å². The van der Waals surface area contributed by atoms with Gasteiger partial charge in [-0.1, -0.05) is 0 Å². The second-order valence-electron chi connectivity index (χ2n) is 4.29. The highest BCUT2D eigenvalue weighted by molar-refractivity contribution is 5.82. The van der Waals surface area contributed by atoms with Crippen LogP contribution in [0.4, 0.5) is 0 Å². The van der Waals surface area contributed by atoms with Crippen LogP contribution in [-0.2, 0) is 14.3 Å². The molecule has 2 atom stereocenters. The molecule has 0 aliphatic carbocycles. The second kappa shape index (κ2) is 7.24. The Morgan fingerprint density at radius 3 is 3.06 bits per heavy atom. The van der Waals surface area contributed by atoms with Crippen LogP contribution in [0.25, 0.3) is 0 Å². The number of nitrogens with two attached hydrogens (primary N) is 1. The number of carbonyl (C=O) groups excluding carboxylic acids is 2. The Morgan fingerprint density at radius 1 is 1.71 bits per heavy atom. The molecule has 1 rings (SSSR count). The molecule has 0 bridgehead atoms. The third-order valence-corrected chi connectivity index (χ3v) is 2.81. The van der Waals surface area contributed by atoms with E-state index < -0.39 is 6.04 Å². The van der Waals surface area contributed by atoms with Crippen molar-refractivity contribution in [3.05, 3.63) is 0 Å². The number of nitrogens with one attached hydrogen (secondary N) is 2. The average molecular weight is 243 g/mol. The number of ether oxygens (including phenoxy) is 1. The molecule has 0 saturated carbocycles. The van der Waals surface area contributed by atoms with Crippen LogP contribution >= 0.6 is 0 Å². The summed E-state index contributed by atoms with van der Waals surface area (Å²) in [4.78, 5) is 22.6. The fraction of sp³-hybridized carbons (Fsp3) is 0.818. The first kappa shape index (κ1) is 13.9. The molecule has 6 heteroatoms. The van der Waals surface area contributed by atoms with Crippen molar-refractivity contribution in [3.63, 3.8) is 0 Å². The molecule has 98 valence electrons. The lowest BCUT2D eigenvalue weighted by molar-refractivity contribution is -0.126. The summed E-state index contributed by atoms with van der Waals surface area (Å²) in [5, 5.41) is 5.56. The molecule has 2 amide bonds. The topological polar surface area (TPSA) is 93.4 Å². The molecule has 1 aliphatic rings. The summed E-state index contributed by atoms with van der Waals surface area (Å²) < 4.78 is 4.90. The summed E-state index contributed by atoms with van der Waals surface area (Å²) in [6, 6.07) is -0.489. The van der Waals surface area contributed by atoms with Gasteiger partial charge in [-0.15, -0.1) is 0 Å². The quantitative estimate of drug-likeness (QED) is 0.529. The molecule has 0 aromatic heterocycles. The van der Waals surface area contributed by atoms with Crippen molar-refractivity contribution in [1.82, 2.24) is 10.6 Å². The van der Waals surface area contributed by atoms with Crippen molar-refractivity contribution in [2.75, 3.05) is 20.3 Å². The zero-order chi connectivity index (χ0) is 12.7. The summed E-state index contributed by atoms with van der Waals surface area (Å²) in [7, 11) is 1.62. The van der Waals surface area contributed by atoms with E-state index in [1.807, 2.05) is 0 Å². The zero-order valence-electron chi connectivity index (χ0n) is 10.2. The number of amides is 2. The van der Waals surface area contributed by atoms with Crippen LogP contribution in [0.5, 0.6) is 0 Å². The molecular formula is C11H21N3O3. The average Bonchev–Trinajstić information content (AvgIpc) is 2.32. The van der Waals surface area contributed by atoms with Crippen molar-refractivity contribution in [1.29, 1.82) is 0 Å². The van der Waals surface area contributed by atoms with E-state index in [9.17, 15) is 9.59 Å². The van der Waals surface area contributed by atoms with Gasteiger partial charge in [0.2, 0.25) is 11.8 Å². The monoisotopic (exact) mass is 243 g/mol. The molecule has 0 aromatic rings. The van der Waals surface area contributed by atoms with Gasteiger partial charge in [0, 0.05) is 32.7 Å². The van der Waals surface area contributed by atoms with E-state index in [4.69, 9.17) is 10.5 Å². The number of hydrogen-bond donors (Lipinski definition) is 3. The second-order valence-corrected chi connectivity index (χ2v) is 4.29. The summed E-state index contributed by atoms with van der Waals surface area (Å²) in [5.41, 5.74) is 5.75. The summed E-state index contributed by atoms with van der Waals surface area (Å²) in [6.07, 6.45) is 2.53. The predicted molar refractivity (Wildman–Crippen MR) is 63.3 cm³/mol. The number of hydrogen-bond acceptors (Lipinski definition) is 4. The number of rotatable bonds is 6. The summed E-state index contributed by atoms with van der Waals surface area (Å²) in [5.74, 6) is -0.109. The van der Waals surface area contributed by atoms with Gasteiger partial charge >= 0.3 is 0 Å². The van der Waals surface area contributed by atoms with E-state index >= 15 is 0 Å². The number of carbonyl (C=O) groups is 2. The molecule has 1 saturated heterocycles. The van der Waals surface area contributed by atoms with Gasteiger partial charge in [-0.25, -0.2) is 0 Å². The maximum atomic E-state index is 11.7. The maximum absolute atomic E-state index is 11.7. The molecule has 6 nitrogen and oxygen atoms in total. The Labute approximate surface area is 101 Å². The fourth-order valence-electron chi connectivity index (χ4n) is 1.74. The van der Waals surface area contributed by atoms with E-state index in [0.29, 0.717) is 32.4 Å². The van der Waals surface area contributed by atoms with Crippen LogP contribution in [0, 0.1) is 0 Å². The zero-order valence-corrected chi connectivity index (χ0v) is 10.2. The van der Waals surface area contributed by atoms with Crippen LogP contribution < -0.4 is 16.4 Å². The van der Waals surface area contributed by atoms with E-state index in [2.05, 4.69) is 10.6 Å². The Hall–Kier alpha value is -1.14. The van der Waals surface area contributed by atoms with Gasteiger partial charge in [-0.2, -0.15) is 0 Å². The highest BCUT2D eigenvalue weighted by Crippen LogP contribution is 2.03. The van der Waals surface area contributed by atoms with Crippen LogP contribution in [-0.4, -0.2) is 44.2 Å². The molecular weight excluding hydrogens is 222 g/mol. The lowest BCUT2D eigenvalue weighted by Gasteiger charge is -2.24. The van der Waals surface area contributed by atoms with Gasteiger partial charge in [-0.3, -0.25) is 9.59 Å². The summed E-state index contributed by atoms with van der Waals surface area (Å²) >= 11 is 0. The van der Waals surface area contributed by atoms with E-state index in [1.54, 1.807) is 7.11 Å². The van der Waals surface area contributed by atoms with Gasteiger partial charge in [0.05, 0.1) is 6.04 Å². The van der Waals surface area contributed by atoms with Gasteiger partial charge in [-0.05, 0) is 19.3 Å². The minimum Gasteiger partial charge on any atom is -0.385 e. The molecule has 1 heterocycles. The largest absolute Gasteiger partial charge is 0.385 e. The molecule has 0 spiro atoms. The first-order valence-electron chi connectivity index (χ1n) is 5.95. The predicted octanol–water partition coefficient (Wildman–Crippen LogP) is -0.865. The standard InChI is InChI=1S/C11H21N3O3/c1-17-6-2-3-9(12)11(16)14-8-4-5-10(15)13-7-8/h8-9H,2-7,12H2,1H3,(H,13,15)(H,14,16). The van der Waals surface area contributed by atoms with Gasteiger partial charge in [0.1, 0.15) is 0 Å². The third-order valence-electron chi connectivity index (χ3n) is 2.81. The first-order chi connectivity index (χ1) is 8.13. The summed E-state index contributed by atoms with van der Waals surface area (Å²) in [6.45, 7) is 1.11. The highest BCUT2D eigenvalue weighted by Gasteiger charge is 2.21. The molecule has 0 aromatic carbocycles. The van der Waals surface area contributed by atoms with E-state index in [1.165, 1.54) is 0 Å². The SMILES string of the molecule is COCCCC(N)C(=O)NC1CCC(=O)NC1.